The third-order valence-electron chi connectivity index (χ3n) is 8.59. The van der Waals surface area contributed by atoms with Crippen molar-refractivity contribution in [2.45, 2.75) is 6.54 Å². The van der Waals surface area contributed by atoms with Crippen LogP contribution < -0.4 is 5.73 Å². The normalized spacial score (nSPS) is 12.3. The molecule has 4 nitrogen and oxygen atoms in total. The molecule has 0 spiro atoms. The summed E-state index contributed by atoms with van der Waals surface area (Å²) >= 11 is 0. The number of hydrogen-bond donors (Lipinski definition) is 1. The molecule has 8 rings (SSSR count). The van der Waals surface area contributed by atoms with Crippen molar-refractivity contribution in [2.24, 2.45) is 15.7 Å². The van der Waals surface area contributed by atoms with Crippen LogP contribution in [0.15, 0.2) is 178 Å². The van der Waals surface area contributed by atoms with Gasteiger partial charge in [0, 0.05) is 21.9 Å². The van der Waals surface area contributed by atoms with Crippen molar-refractivity contribution in [1.82, 2.24) is 0 Å². The molecule has 224 valence electrons. The zero-order valence-electron chi connectivity index (χ0n) is 25.7. The maximum atomic E-state index is 6.95. The summed E-state index contributed by atoms with van der Waals surface area (Å²) in [4.78, 5) is 9.91. The average Bonchev–Trinajstić information content (AvgIpc) is 3.52. The standard InChI is InChI=1S/C43H31N3O/c44-42(46-43(33-15-5-2-6-16-33)45-28-29-12-3-1-4-13-29)38-26-34(27-40-41(38)37-19-9-10-21-39(37)47-40)30-22-24-32(25-23-30)36-20-11-17-31-14-7-8-18-35(31)36/h1-27H,28H2,(H2,44,45,46). The first-order valence-corrected chi connectivity index (χ1v) is 15.7. The van der Waals surface area contributed by atoms with Crippen molar-refractivity contribution >= 4 is 44.4 Å². The number of furan rings is 1. The number of nitrogens with zero attached hydrogens (tertiary/aromatic N) is 2. The highest BCUT2D eigenvalue weighted by Crippen LogP contribution is 2.36. The van der Waals surface area contributed by atoms with Crippen LogP contribution in [0.1, 0.15) is 16.7 Å². The van der Waals surface area contributed by atoms with Crippen LogP contribution in [0.2, 0.25) is 0 Å². The van der Waals surface area contributed by atoms with Crippen LogP contribution in [0.4, 0.5) is 0 Å². The Labute approximate surface area is 273 Å². The molecule has 1 aromatic heterocycles. The Kier molecular flexibility index (Phi) is 7.37. The molecule has 0 saturated carbocycles. The highest BCUT2D eigenvalue weighted by Gasteiger charge is 2.17. The molecule has 0 aliphatic rings. The number of fused-ring (bicyclic) bond motifs is 4. The second-order valence-electron chi connectivity index (χ2n) is 11.6. The van der Waals surface area contributed by atoms with Crippen molar-refractivity contribution in [3.8, 4) is 22.3 Å². The molecule has 0 fully saturated rings. The van der Waals surface area contributed by atoms with E-state index in [2.05, 4.69) is 97.1 Å². The van der Waals surface area contributed by atoms with E-state index in [0.29, 0.717) is 18.2 Å². The SMILES string of the molecule is NC(=NC(=NCc1ccccc1)c1ccccc1)c1cc(-c2ccc(-c3cccc4ccccc34)cc2)cc2oc3ccccc3c12. The molecule has 7 aromatic carbocycles. The van der Waals surface area contributed by atoms with Gasteiger partial charge in [0.05, 0.1) is 6.54 Å². The van der Waals surface area contributed by atoms with Gasteiger partial charge in [0.2, 0.25) is 0 Å². The topological polar surface area (TPSA) is 63.9 Å². The second-order valence-corrected chi connectivity index (χ2v) is 11.6. The van der Waals surface area contributed by atoms with E-state index in [1.54, 1.807) is 0 Å². The highest BCUT2D eigenvalue weighted by molar-refractivity contribution is 6.21. The minimum absolute atomic E-state index is 0.381. The fourth-order valence-corrected chi connectivity index (χ4v) is 6.24. The minimum Gasteiger partial charge on any atom is -0.456 e. The van der Waals surface area contributed by atoms with Gasteiger partial charge in [-0.1, -0.05) is 146 Å². The van der Waals surface area contributed by atoms with Crippen LogP contribution in [0.3, 0.4) is 0 Å². The molecular formula is C43H31N3O. The number of amidine groups is 2. The highest BCUT2D eigenvalue weighted by atomic mass is 16.3. The zero-order chi connectivity index (χ0) is 31.6. The lowest BCUT2D eigenvalue weighted by atomic mass is 9.94. The van der Waals surface area contributed by atoms with Crippen LogP contribution >= 0.6 is 0 Å². The van der Waals surface area contributed by atoms with E-state index in [1.165, 1.54) is 21.9 Å². The largest absolute Gasteiger partial charge is 0.456 e. The summed E-state index contributed by atoms with van der Waals surface area (Å²) in [6.45, 7) is 0.495. The minimum atomic E-state index is 0.381. The predicted octanol–water partition coefficient (Wildman–Crippen LogP) is 10.4. The van der Waals surface area contributed by atoms with E-state index in [-0.39, 0.29) is 0 Å². The van der Waals surface area contributed by atoms with E-state index >= 15 is 0 Å². The molecule has 0 amide bonds. The van der Waals surface area contributed by atoms with Crippen molar-refractivity contribution in [1.29, 1.82) is 0 Å². The van der Waals surface area contributed by atoms with Gasteiger partial charge in [0.15, 0.2) is 5.84 Å². The van der Waals surface area contributed by atoms with E-state index in [4.69, 9.17) is 20.1 Å². The van der Waals surface area contributed by atoms with Gasteiger partial charge in [-0.2, -0.15) is 0 Å². The maximum Gasteiger partial charge on any atom is 0.157 e. The third-order valence-corrected chi connectivity index (χ3v) is 8.59. The maximum absolute atomic E-state index is 6.95. The summed E-state index contributed by atoms with van der Waals surface area (Å²) in [7, 11) is 0. The monoisotopic (exact) mass is 605 g/mol. The number of aliphatic imine (C=N–C) groups is 2. The predicted molar refractivity (Wildman–Crippen MR) is 196 cm³/mol. The van der Waals surface area contributed by atoms with Crippen LogP contribution in [-0.2, 0) is 6.54 Å². The zero-order valence-corrected chi connectivity index (χ0v) is 25.7. The quantitative estimate of drug-likeness (QED) is 0.151. The van der Waals surface area contributed by atoms with Crippen LogP contribution in [0.5, 0.6) is 0 Å². The Balaban J connectivity index is 1.25. The van der Waals surface area contributed by atoms with Gasteiger partial charge >= 0.3 is 0 Å². The molecule has 0 bridgehead atoms. The van der Waals surface area contributed by atoms with Gasteiger partial charge in [-0.3, -0.25) is 4.99 Å². The van der Waals surface area contributed by atoms with Gasteiger partial charge in [-0.25, -0.2) is 4.99 Å². The Morgan fingerprint density at radius 2 is 1.21 bits per heavy atom. The fourth-order valence-electron chi connectivity index (χ4n) is 6.24. The number of rotatable bonds is 6. The molecule has 0 unspecified atom stereocenters. The second kappa shape index (κ2) is 12.3. The number of para-hydroxylation sites is 1. The van der Waals surface area contributed by atoms with Crippen molar-refractivity contribution < 1.29 is 4.42 Å². The molecule has 4 heteroatoms. The van der Waals surface area contributed by atoms with Crippen molar-refractivity contribution in [3.63, 3.8) is 0 Å². The summed E-state index contributed by atoms with van der Waals surface area (Å²) < 4.78 is 6.40. The first kappa shape index (κ1) is 28.2. The van der Waals surface area contributed by atoms with Crippen LogP contribution in [0, 0.1) is 0 Å². The van der Waals surface area contributed by atoms with Crippen LogP contribution in [0.25, 0.3) is 55.0 Å². The van der Waals surface area contributed by atoms with Gasteiger partial charge in [-0.15, -0.1) is 0 Å². The fraction of sp³-hybridized carbons (Fsp3) is 0.0233. The molecule has 0 atom stereocenters. The Morgan fingerprint density at radius 1 is 0.553 bits per heavy atom. The Bertz CT molecular complexity index is 2420. The summed E-state index contributed by atoms with van der Waals surface area (Å²) in [6.07, 6.45) is 0. The number of nitrogens with two attached hydrogens (primary N) is 1. The first-order chi connectivity index (χ1) is 23.2. The van der Waals surface area contributed by atoms with Gasteiger partial charge in [0.1, 0.15) is 17.0 Å². The van der Waals surface area contributed by atoms with Gasteiger partial charge < -0.3 is 10.2 Å². The lowest BCUT2D eigenvalue weighted by Crippen LogP contribution is -2.17. The van der Waals surface area contributed by atoms with Crippen LogP contribution in [-0.4, -0.2) is 11.7 Å². The van der Waals surface area contributed by atoms with E-state index < -0.39 is 0 Å². The lowest BCUT2D eigenvalue weighted by Gasteiger charge is -2.11. The van der Waals surface area contributed by atoms with E-state index in [9.17, 15) is 0 Å². The lowest BCUT2D eigenvalue weighted by molar-refractivity contribution is 0.669. The summed E-state index contributed by atoms with van der Waals surface area (Å²) in [6, 6.07) is 56.1. The molecule has 0 radical (unpaired) electrons. The molecule has 1 heterocycles. The summed E-state index contributed by atoms with van der Waals surface area (Å²) in [5.74, 6) is 0.962. The molecule has 2 N–H and O–H groups in total. The molecule has 0 aliphatic heterocycles. The smallest absolute Gasteiger partial charge is 0.157 e. The molecular weight excluding hydrogens is 574 g/mol. The average molecular weight is 606 g/mol. The number of hydrogen-bond acceptors (Lipinski definition) is 2. The van der Waals surface area contributed by atoms with Crippen molar-refractivity contribution in [3.05, 3.63) is 180 Å². The summed E-state index contributed by atoms with van der Waals surface area (Å²) in [5, 5.41) is 4.40. The Morgan fingerprint density at radius 3 is 2.02 bits per heavy atom. The van der Waals surface area contributed by atoms with E-state index in [0.717, 1.165) is 49.8 Å². The molecule has 8 aromatic rings. The Hall–Kier alpha value is -6.26. The molecule has 0 aliphatic carbocycles. The molecule has 47 heavy (non-hydrogen) atoms. The molecule has 0 saturated heterocycles. The summed E-state index contributed by atoms with van der Waals surface area (Å²) in [5.41, 5.74) is 15.8. The van der Waals surface area contributed by atoms with Gasteiger partial charge in [-0.05, 0) is 56.8 Å². The van der Waals surface area contributed by atoms with E-state index in [1.807, 2.05) is 66.7 Å². The third kappa shape index (κ3) is 5.58. The number of benzene rings is 7. The first-order valence-electron chi connectivity index (χ1n) is 15.7. The van der Waals surface area contributed by atoms with Gasteiger partial charge in [0.25, 0.3) is 0 Å². The van der Waals surface area contributed by atoms with Crippen molar-refractivity contribution in [2.75, 3.05) is 0 Å².